The van der Waals surface area contributed by atoms with Crippen LogP contribution in [0, 0.1) is 0 Å². The van der Waals surface area contributed by atoms with Crippen LogP contribution in [0.3, 0.4) is 0 Å². The van der Waals surface area contributed by atoms with Gasteiger partial charge in [-0.3, -0.25) is 9.05 Å². The van der Waals surface area contributed by atoms with Crippen molar-refractivity contribution >= 4 is 7.82 Å². The van der Waals surface area contributed by atoms with Gasteiger partial charge in [-0.1, -0.05) is 181 Å². The Morgan fingerprint density at radius 1 is 0.479 bits per heavy atom. The Morgan fingerprint density at radius 3 is 1.06 bits per heavy atom. The van der Waals surface area contributed by atoms with Gasteiger partial charge in [-0.15, -0.1) is 0 Å². The topological polar surface area (TPSA) is 74.2 Å². The van der Waals surface area contributed by atoms with Gasteiger partial charge in [0.25, 0.3) is 0 Å². The van der Waals surface area contributed by atoms with E-state index in [-0.39, 0.29) is 19.8 Å². The molecule has 0 rings (SSSR count). The Bertz CT molecular complexity index is 653. The normalized spacial score (nSPS) is 13.5. The third-order valence-corrected chi connectivity index (χ3v) is 10.3. The highest BCUT2D eigenvalue weighted by Crippen LogP contribution is 2.44. The van der Waals surface area contributed by atoms with E-state index in [1.54, 1.807) is 0 Å². The lowest BCUT2D eigenvalue weighted by atomic mass is 10.0. The largest absolute Gasteiger partial charge is 0.472 e. The second-order valence-corrected chi connectivity index (χ2v) is 16.8. The summed E-state index contributed by atoms with van der Waals surface area (Å²) in [6.45, 7) is 7.07. The van der Waals surface area contributed by atoms with E-state index in [1.165, 1.54) is 154 Å². The van der Waals surface area contributed by atoms with Gasteiger partial charge in [0.1, 0.15) is 19.3 Å². The first-order chi connectivity index (χ1) is 23.2. The van der Waals surface area contributed by atoms with Gasteiger partial charge < -0.3 is 18.9 Å². The van der Waals surface area contributed by atoms with Gasteiger partial charge in [0.05, 0.1) is 34.4 Å². The summed E-state index contributed by atoms with van der Waals surface area (Å²) < 4.78 is 35.9. The molecule has 0 saturated heterocycles. The first-order valence-corrected chi connectivity index (χ1v) is 22.3. The average molecular weight is 707 g/mol. The lowest BCUT2D eigenvalue weighted by Crippen LogP contribution is -2.37. The van der Waals surface area contributed by atoms with Crippen LogP contribution in [0.2, 0.25) is 0 Å². The molecule has 0 fully saturated rings. The Labute approximate surface area is 300 Å². The number of hydrogen-bond acceptors (Lipinski definition) is 5. The van der Waals surface area contributed by atoms with Crippen LogP contribution in [0.4, 0.5) is 0 Å². The number of likely N-dealkylation sites (N-methyl/N-ethyl adjacent to an activating group) is 1. The number of ether oxygens (including phenoxy) is 2. The minimum Gasteiger partial charge on any atom is -0.379 e. The summed E-state index contributed by atoms with van der Waals surface area (Å²) in [6.07, 6.45) is 36.5. The molecule has 7 nitrogen and oxygen atoms in total. The Hall–Kier alpha value is -0.0100. The minimum atomic E-state index is -4.19. The van der Waals surface area contributed by atoms with Crippen LogP contribution in [0.5, 0.6) is 0 Å². The predicted molar refractivity (Wildman–Crippen MR) is 206 cm³/mol. The molecule has 0 aliphatic rings. The van der Waals surface area contributed by atoms with E-state index < -0.39 is 13.9 Å². The zero-order valence-electron chi connectivity index (χ0n) is 33.0. The van der Waals surface area contributed by atoms with Crippen molar-refractivity contribution in [1.29, 1.82) is 0 Å². The van der Waals surface area contributed by atoms with E-state index in [0.29, 0.717) is 24.2 Å². The van der Waals surface area contributed by atoms with E-state index in [0.717, 1.165) is 25.7 Å². The first kappa shape index (κ1) is 48.0. The molecule has 0 aromatic carbocycles. The number of phosphoric acid groups is 1. The summed E-state index contributed by atoms with van der Waals surface area (Å²) in [5.74, 6) is 0. The van der Waals surface area contributed by atoms with Crippen molar-refractivity contribution in [2.75, 3.05) is 60.7 Å². The smallest absolute Gasteiger partial charge is 0.379 e. The highest BCUT2D eigenvalue weighted by atomic mass is 31.2. The van der Waals surface area contributed by atoms with Crippen molar-refractivity contribution in [3.63, 3.8) is 0 Å². The standard InChI is InChI=1S/C40H84NO6P/c1-6-8-10-12-14-16-18-20-22-24-26-28-30-32-35-44-38-40(47-48(42,43)46-37-34-41(3,4)5)39-45-36-33-31-29-27-25-23-21-19-17-15-13-11-9-7-2/h40H,6-39H2,1-5H3/p+1. The maximum absolute atomic E-state index is 12.6. The molecule has 0 aromatic rings. The van der Waals surface area contributed by atoms with Crippen molar-refractivity contribution in [3.8, 4) is 0 Å². The molecule has 8 heteroatoms. The third-order valence-electron chi connectivity index (χ3n) is 9.19. The number of phosphoric ester groups is 1. The average Bonchev–Trinajstić information content (AvgIpc) is 3.03. The van der Waals surface area contributed by atoms with Crippen molar-refractivity contribution in [3.05, 3.63) is 0 Å². The second-order valence-electron chi connectivity index (χ2n) is 15.4. The summed E-state index contributed by atoms with van der Waals surface area (Å²) in [5.41, 5.74) is 0. The summed E-state index contributed by atoms with van der Waals surface area (Å²) in [6, 6.07) is 0. The van der Waals surface area contributed by atoms with Gasteiger partial charge in [-0.05, 0) is 12.8 Å². The fourth-order valence-electron chi connectivity index (χ4n) is 5.98. The van der Waals surface area contributed by atoms with E-state index in [1.807, 2.05) is 21.1 Å². The van der Waals surface area contributed by atoms with Crippen LogP contribution in [0.1, 0.15) is 194 Å². The lowest BCUT2D eigenvalue weighted by molar-refractivity contribution is -0.870. The van der Waals surface area contributed by atoms with E-state index >= 15 is 0 Å². The Balaban J connectivity index is 4.05. The highest BCUT2D eigenvalue weighted by Gasteiger charge is 2.28. The molecule has 0 heterocycles. The predicted octanol–water partition coefficient (Wildman–Crippen LogP) is 12.2. The highest BCUT2D eigenvalue weighted by molar-refractivity contribution is 7.47. The minimum absolute atomic E-state index is 0.157. The van der Waals surface area contributed by atoms with Crippen molar-refractivity contribution in [1.82, 2.24) is 0 Å². The van der Waals surface area contributed by atoms with Crippen LogP contribution in [0.25, 0.3) is 0 Å². The molecule has 1 atom stereocenters. The number of rotatable bonds is 40. The Kier molecular flexibility index (Phi) is 35.4. The van der Waals surface area contributed by atoms with Crippen LogP contribution in [0.15, 0.2) is 0 Å². The number of unbranched alkanes of at least 4 members (excludes halogenated alkanes) is 26. The van der Waals surface area contributed by atoms with E-state index in [9.17, 15) is 9.46 Å². The SMILES string of the molecule is CCCCCCCCCCCCCCCCOCC(COCCCCCCCCCCCCCCCC)OP(=O)(O)OCC[N+](C)(C)C. The summed E-state index contributed by atoms with van der Waals surface area (Å²) in [4.78, 5) is 10.3. The first-order valence-electron chi connectivity index (χ1n) is 20.8. The fraction of sp³-hybridized carbons (Fsp3) is 1.00. The molecule has 0 spiro atoms. The van der Waals surface area contributed by atoms with Gasteiger partial charge in [-0.2, -0.15) is 0 Å². The fourth-order valence-corrected chi connectivity index (χ4v) is 6.86. The summed E-state index contributed by atoms with van der Waals surface area (Å²) in [5, 5.41) is 0. The maximum Gasteiger partial charge on any atom is 0.472 e. The van der Waals surface area contributed by atoms with Crippen molar-refractivity contribution < 1.29 is 32.5 Å². The molecule has 1 unspecified atom stereocenters. The van der Waals surface area contributed by atoms with Gasteiger partial charge in [0.2, 0.25) is 0 Å². The molecule has 0 aliphatic carbocycles. The lowest BCUT2D eigenvalue weighted by Gasteiger charge is -2.25. The molecule has 48 heavy (non-hydrogen) atoms. The molecule has 1 N–H and O–H groups in total. The van der Waals surface area contributed by atoms with Crippen LogP contribution in [-0.4, -0.2) is 76.2 Å². The molecular weight excluding hydrogens is 621 g/mol. The van der Waals surface area contributed by atoms with Crippen LogP contribution < -0.4 is 0 Å². The Morgan fingerprint density at radius 2 is 0.771 bits per heavy atom. The van der Waals surface area contributed by atoms with Crippen molar-refractivity contribution in [2.45, 2.75) is 200 Å². The third kappa shape index (κ3) is 38.8. The zero-order valence-corrected chi connectivity index (χ0v) is 33.9. The molecule has 0 bridgehead atoms. The van der Waals surface area contributed by atoms with Crippen molar-refractivity contribution in [2.24, 2.45) is 0 Å². The molecule has 0 saturated carbocycles. The maximum atomic E-state index is 12.6. The van der Waals surface area contributed by atoms with Gasteiger partial charge in [0, 0.05) is 13.2 Å². The molecule has 0 amide bonds. The summed E-state index contributed by atoms with van der Waals surface area (Å²) in [7, 11) is 1.87. The molecule has 0 aliphatic heterocycles. The number of nitrogens with zero attached hydrogens (tertiary/aromatic N) is 1. The van der Waals surface area contributed by atoms with E-state index in [4.69, 9.17) is 18.5 Å². The molecule has 0 aromatic heterocycles. The zero-order chi connectivity index (χ0) is 35.4. The number of hydrogen-bond donors (Lipinski definition) is 1. The van der Waals surface area contributed by atoms with Crippen LogP contribution in [-0.2, 0) is 23.1 Å². The summed E-state index contributed by atoms with van der Waals surface area (Å²) >= 11 is 0. The van der Waals surface area contributed by atoms with Gasteiger partial charge in [0.15, 0.2) is 0 Å². The van der Waals surface area contributed by atoms with Gasteiger partial charge >= 0.3 is 7.82 Å². The molecule has 290 valence electrons. The second kappa shape index (κ2) is 35.4. The van der Waals surface area contributed by atoms with Gasteiger partial charge in [-0.25, -0.2) is 4.57 Å². The van der Waals surface area contributed by atoms with E-state index in [2.05, 4.69) is 13.8 Å². The van der Waals surface area contributed by atoms with Crippen LogP contribution >= 0.6 is 7.82 Å². The number of quaternary nitrogens is 1. The molecular formula is C40H85NO6P+. The monoisotopic (exact) mass is 707 g/mol. The molecule has 0 radical (unpaired) electrons. The quantitative estimate of drug-likeness (QED) is 0.0388.